The standard InChI is InChI=1S/C13H16N2O3/c16-12(9-4-2-1-3-5-9)14-10-6-7-11(8-10)15-13(17)18/h1-5,10-11,15H,6-8H2,(H,14,16)(H,17,18)/t10-,11+/m0/s1. The van der Waals surface area contributed by atoms with E-state index >= 15 is 0 Å². The monoisotopic (exact) mass is 248 g/mol. The van der Waals surface area contributed by atoms with Crippen molar-refractivity contribution >= 4 is 12.0 Å². The zero-order valence-corrected chi connectivity index (χ0v) is 9.93. The average Bonchev–Trinajstić information content (AvgIpc) is 2.76. The molecule has 0 radical (unpaired) electrons. The van der Waals surface area contributed by atoms with E-state index in [1.165, 1.54) is 0 Å². The fraction of sp³-hybridized carbons (Fsp3) is 0.385. The summed E-state index contributed by atoms with van der Waals surface area (Å²) in [7, 11) is 0. The molecule has 96 valence electrons. The van der Waals surface area contributed by atoms with Crippen LogP contribution in [-0.4, -0.2) is 29.2 Å². The molecule has 5 nitrogen and oxygen atoms in total. The van der Waals surface area contributed by atoms with Gasteiger partial charge in [0.25, 0.3) is 5.91 Å². The van der Waals surface area contributed by atoms with Crippen LogP contribution in [0.5, 0.6) is 0 Å². The minimum atomic E-state index is -1.00. The van der Waals surface area contributed by atoms with Crippen molar-refractivity contribution in [2.75, 3.05) is 0 Å². The lowest BCUT2D eigenvalue weighted by atomic mass is 10.2. The summed E-state index contributed by atoms with van der Waals surface area (Å²) in [6, 6.07) is 9.02. The third-order valence-electron chi connectivity index (χ3n) is 3.13. The molecule has 1 aromatic rings. The largest absolute Gasteiger partial charge is 0.465 e. The van der Waals surface area contributed by atoms with E-state index in [-0.39, 0.29) is 18.0 Å². The molecule has 18 heavy (non-hydrogen) atoms. The Kier molecular flexibility index (Phi) is 3.82. The van der Waals surface area contributed by atoms with Gasteiger partial charge in [-0.2, -0.15) is 0 Å². The summed E-state index contributed by atoms with van der Waals surface area (Å²) in [4.78, 5) is 22.4. The fourth-order valence-electron chi connectivity index (χ4n) is 2.28. The molecule has 0 heterocycles. The molecular formula is C13H16N2O3. The number of rotatable bonds is 3. The Hall–Kier alpha value is -2.04. The van der Waals surface area contributed by atoms with E-state index in [2.05, 4.69) is 10.6 Å². The molecule has 0 aliphatic heterocycles. The highest BCUT2D eigenvalue weighted by Crippen LogP contribution is 2.19. The molecule has 0 saturated heterocycles. The van der Waals surface area contributed by atoms with E-state index in [1.807, 2.05) is 18.2 Å². The molecular weight excluding hydrogens is 232 g/mol. The van der Waals surface area contributed by atoms with Crippen molar-refractivity contribution in [1.82, 2.24) is 10.6 Å². The first-order valence-corrected chi connectivity index (χ1v) is 6.00. The maximum atomic E-state index is 11.9. The maximum absolute atomic E-state index is 11.9. The number of nitrogens with one attached hydrogen (secondary N) is 2. The van der Waals surface area contributed by atoms with Gasteiger partial charge in [0.2, 0.25) is 0 Å². The van der Waals surface area contributed by atoms with Crippen molar-refractivity contribution in [1.29, 1.82) is 0 Å². The number of carboxylic acid groups (broad SMARTS) is 1. The van der Waals surface area contributed by atoms with Crippen molar-refractivity contribution in [2.24, 2.45) is 0 Å². The zero-order valence-electron chi connectivity index (χ0n) is 9.93. The summed E-state index contributed by atoms with van der Waals surface area (Å²) in [6.07, 6.45) is 1.23. The van der Waals surface area contributed by atoms with Gasteiger partial charge in [-0.25, -0.2) is 4.79 Å². The Bertz CT molecular complexity index is 433. The van der Waals surface area contributed by atoms with Crippen LogP contribution in [0.3, 0.4) is 0 Å². The summed E-state index contributed by atoms with van der Waals surface area (Å²) in [6.45, 7) is 0. The minimum absolute atomic E-state index is 0.0505. The van der Waals surface area contributed by atoms with Gasteiger partial charge >= 0.3 is 6.09 Å². The van der Waals surface area contributed by atoms with Gasteiger partial charge in [0.15, 0.2) is 0 Å². The summed E-state index contributed by atoms with van der Waals surface area (Å²) in [5, 5.41) is 14.0. The summed E-state index contributed by atoms with van der Waals surface area (Å²) < 4.78 is 0. The predicted molar refractivity (Wildman–Crippen MR) is 66.5 cm³/mol. The first-order chi connectivity index (χ1) is 8.65. The van der Waals surface area contributed by atoms with Crippen molar-refractivity contribution in [3.8, 4) is 0 Å². The minimum Gasteiger partial charge on any atom is -0.465 e. The van der Waals surface area contributed by atoms with Crippen molar-refractivity contribution in [3.63, 3.8) is 0 Å². The van der Waals surface area contributed by atoms with Gasteiger partial charge in [0.1, 0.15) is 0 Å². The molecule has 1 aromatic carbocycles. The Morgan fingerprint density at radius 2 is 1.67 bits per heavy atom. The number of benzene rings is 1. The van der Waals surface area contributed by atoms with Crippen LogP contribution < -0.4 is 10.6 Å². The molecule has 5 heteroatoms. The van der Waals surface area contributed by atoms with Crippen LogP contribution in [0.25, 0.3) is 0 Å². The highest BCUT2D eigenvalue weighted by Gasteiger charge is 2.26. The molecule has 1 saturated carbocycles. The molecule has 1 aliphatic carbocycles. The SMILES string of the molecule is O=C(O)N[C@@H]1CC[C@H](NC(=O)c2ccccc2)C1. The highest BCUT2D eigenvalue weighted by atomic mass is 16.4. The number of carbonyl (C=O) groups excluding carboxylic acids is 1. The third kappa shape index (κ3) is 3.23. The smallest absolute Gasteiger partial charge is 0.404 e. The van der Waals surface area contributed by atoms with E-state index in [9.17, 15) is 9.59 Å². The Morgan fingerprint density at radius 3 is 2.28 bits per heavy atom. The van der Waals surface area contributed by atoms with E-state index in [0.717, 1.165) is 12.8 Å². The second-order valence-corrected chi connectivity index (χ2v) is 4.50. The summed E-state index contributed by atoms with van der Waals surface area (Å²) in [5.41, 5.74) is 0.632. The first-order valence-electron chi connectivity index (χ1n) is 6.00. The van der Waals surface area contributed by atoms with E-state index in [0.29, 0.717) is 12.0 Å². The molecule has 0 bridgehead atoms. The molecule has 1 fully saturated rings. The van der Waals surface area contributed by atoms with Crippen LogP contribution in [0.1, 0.15) is 29.6 Å². The van der Waals surface area contributed by atoms with Gasteiger partial charge < -0.3 is 15.7 Å². The molecule has 2 rings (SSSR count). The lowest BCUT2D eigenvalue weighted by molar-refractivity contribution is 0.0937. The van der Waals surface area contributed by atoms with E-state index in [4.69, 9.17) is 5.11 Å². The number of hydrogen-bond acceptors (Lipinski definition) is 2. The quantitative estimate of drug-likeness (QED) is 0.760. The molecule has 0 spiro atoms. The fourth-order valence-corrected chi connectivity index (χ4v) is 2.28. The Morgan fingerprint density at radius 1 is 1.06 bits per heavy atom. The maximum Gasteiger partial charge on any atom is 0.404 e. The molecule has 0 aromatic heterocycles. The average molecular weight is 248 g/mol. The summed E-state index contributed by atoms with van der Waals surface area (Å²) >= 11 is 0. The molecule has 3 N–H and O–H groups in total. The lowest BCUT2D eigenvalue weighted by Crippen LogP contribution is -2.36. The third-order valence-corrected chi connectivity index (χ3v) is 3.13. The van der Waals surface area contributed by atoms with Crippen LogP contribution in [0, 0.1) is 0 Å². The molecule has 1 aliphatic rings. The number of carbonyl (C=O) groups is 2. The van der Waals surface area contributed by atoms with Gasteiger partial charge in [-0.1, -0.05) is 18.2 Å². The highest BCUT2D eigenvalue weighted by molar-refractivity contribution is 5.94. The molecule has 2 amide bonds. The van der Waals surface area contributed by atoms with Crippen LogP contribution in [0.15, 0.2) is 30.3 Å². The second kappa shape index (κ2) is 5.53. The molecule has 2 atom stereocenters. The van der Waals surface area contributed by atoms with E-state index < -0.39 is 6.09 Å². The van der Waals surface area contributed by atoms with Crippen molar-refractivity contribution in [2.45, 2.75) is 31.3 Å². The number of amides is 2. The molecule has 0 unspecified atom stereocenters. The Labute approximate surface area is 105 Å². The Balaban J connectivity index is 1.85. The van der Waals surface area contributed by atoms with Crippen LogP contribution >= 0.6 is 0 Å². The topological polar surface area (TPSA) is 78.4 Å². The summed E-state index contributed by atoms with van der Waals surface area (Å²) in [5.74, 6) is -0.100. The normalized spacial score (nSPS) is 22.4. The van der Waals surface area contributed by atoms with Gasteiger partial charge in [-0.05, 0) is 31.4 Å². The van der Waals surface area contributed by atoms with Gasteiger partial charge in [-0.15, -0.1) is 0 Å². The van der Waals surface area contributed by atoms with Crippen molar-refractivity contribution in [3.05, 3.63) is 35.9 Å². The van der Waals surface area contributed by atoms with Gasteiger partial charge in [-0.3, -0.25) is 4.79 Å². The van der Waals surface area contributed by atoms with E-state index in [1.54, 1.807) is 12.1 Å². The van der Waals surface area contributed by atoms with Crippen LogP contribution in [0.4, 0.5) is 4.79 Å². The van der Waals surface area contributed by atoms with Crippen LogP contribution in [-0.2, 0) is 0 Å². The van der Waals surface area contributed by atoms with Gasteiger partial charge in [0, 0.05) is 17.6 Å². The zero-order chi connectivity index (χ0) is 13.0. The lowest BCUT2D eigenvalue weighted by Gasteiger charge is -2.13. The first kappa shape index (κ1) is 12.4. The van der Waals surface area contributed by atoms with Crippen molar-refractivity contribution < 1.29 is 14.7 Å². The van der Waals surface area contributed by atoms with Gasteiger partial charge in [0.05, 0.1) is 0 Å². The van der Waals surface area contributed by atoms with Crippen LogP contribution in [0.2, 0.25) is 0 Å². The number of hydrogen-bond donors (Lipinski definition) is 3. The second-order valence-electron chi connectivity index (χ2n) is 4.50. The predicted octanol–water partition coefficient (Wildman–Crippen LogP) is 1.61.